The fourth-order valence-electron chi connectivity index (χ4n) is 3.85. The van der Waals surface area contributed by atoms with Crippen molar-refractivity contribution >= 4 is 39.1 Å². The van der Waals surface area contributed by atoms with Crippen molar-refractivity contribution in [2.24, 2.45) is 5.92 Å². The predicted molar refractivity (Wildman–Crippen MR) is 126 cm³/mol. The Balaban J connectivity index is 1.67. The molecule has 1 N–H and O–H groups in total. The van der Waals surface area contributed by atoms with Crippen LogP contribution in [0.2, 0.25) is 10.0 Å². The van der Waals surface area contributed by atoms with Crippen LogP contribution in [0.1, 0.15) is 48.9 Å². The van der Waals surface area contributed by atoms with Gasteiger partial charge in [0.25, 0.3) is 0 Å². The van der Waals surface area contributed by atoms with Crippen molar-refractivity contribution in [3.63, 3.8) is 0 Å². The minimum Gasteiger partial charge on any atom is -0.349 e. The summed E-state index contributed by atoms with van der Waals surface area (Å²) in [4.78, 5) is 13.0. The molecule has 2 unspecified atom stereocenters. The number of sulfonamides is 1. The molecule has 1 saturated heterocycles. The number of carbonyl (C=O) groups excluding carboxylic acids is 1. The van der Waals surface area contributed by atoms with Crippen LogP contribution >= 0.6 is 23.2 Å². The Morgan fingerprint density at radius 1 is 1.19 bits per heavy atom. The lowest BCUT2D eigenvalue weighted by Crippen LogP contribution is -2.46. The van der Waals surface area contributed by atoms with Crippen LogP contribution in [0.5, 0.6) is 0 Å². The summed E-state index contributed by atoms with van der Waals surface area (Å²) in [5.41, 5.74) is 2.72. The number of rotatable bonds is 7. The molecule has 0 bridgehead atoms. The molecule has 168 valence electrons. The lowest BCUT2D eigenvalue weighted by molar-refractivity contribution is -0.126. The zero-order valence-corrected chi connectivity index (χ0v) is 20.1. The van der Waals surface area contributed by atoms with E-state index in [1.165, 1.54) is 15.9 Å². The van der Waals surface area contributed by atoms with Crippen molar-refractivity contribution in [1.82, 2.24) is 9.62 Å². The number of hydrogen-bond donors (Lipinski definition) is 1. The highest BCUT2D eigenvalue weighted by molar-refractivity contribution is 7.88. The maximum Gasteiger partial charge on any atom is 0.224 e. The van der Waals surface area contributed by atoms with Crippen molar-refractivity contribution in [2.45, 2.75) is 44.9 Å². The summed E-state index contributed by atoms with van der Waals surface area (Å²) in [6.45, 7) is 4.64. The molecule has 2 atom stereocenters. The van der Waals surface area contributed by atoms with Gasteiger partial charge in [0.15, 0.2) is 0 Å². The molecule has 2 aromatic rings. The number of halogens is 2. The van der Waals surface area contributed by atoms with E-state index in [0.29, 0.717) is 35.0 Å². The zero-order chi connectivity index (χ0) is 22.6. The van der Waals surface area contributed by atoms with Crippen LogP contribution in [0, 0.1) is 12.8 Å². The third-order valence-corrected chi connectivity index (χ3v) is 8.09. The van der Waals surface area contributed by atoms with Crippen LogP contribution in [-0.2, 0) is 20.6 Å². The molecule has 0 aromatic heterocycles. The number of piperidine rings is 1. The number of nitrogens with zero attached hydrogens (tertiary/aromatic N) is 1. The largest absolute Gasteiger partial charge is 0.349 e. The second-order valence-electron chi connectivity index (χ2n) is 8.07. The van der Waals surface area contributed by atoms with E-state index in [1.807, 2.05) is 38.1 Å². The number of benzene rings is 2. The van der Waals surface area contributed by atoms with Gasteiger partial charge in [0.1, 0.15) is 0 Å². The first-order valence-electron chi connectivity index (χ1n) is 10.5. The summed E-state index contributed by atoms with van der Waals surface area (Å²) < 4.78 is 27.4. The van der Waals surface area contributed by atoms with Crippen LogP contribution in [-0.4, -0.2) is 31.7 Å². The summed E-state index contributed by atoms with van der Waals surface area (Å²) in [7, 11) is -3.60. The molecule has 1 amide bonds. The molecule has 8 heteroatoms. The summed E-state index contributed by atoms with van der Waals surface area (Å²) >= 11 is 12.1. The number of aryl methyl sites for hydroxylation is 1. The molecule has 1 aliphatic rings. The van der Waals surface area contributed by atoms with E-state index in [9.17, 15) is 13.2 Å². The van der Waals surface area contributed by atoms with Crippen molar-refractivity contribution in [3.05, 3.63) is 69.2 Å². The van der Waals surface area contributed by atoms with Gasteiger partial charge in [-0.25, -0.2) is 12.7 Å². The fraction of sp³-hybridized carbons (Fsp3) is 0.435. The van der Waals surface area contributed by atoms with Gasteiger partial charge in [0.05, 0.1) is 17.7 Å². The summed E-state index contributed by atoms with van der Waals surface area (Å²) in [6.07, 6.45) is 2.08. The molecule has 1 heterocycles. The standard InChI is InChI=1S/C23H28Cl2N2O3S/c1-3-22(17-8-6-16(2)7-9-17)26-23(28)18-5-4-12-27(14-18)31(29,30)15-19-10-11-20(24)13-21(19)25/h6-11,13,18,22H,3-5,12,14-15H2,1-2H3,(H,26,28). The number of amides is 1. The molecule has 0 saturated carbocycles. The first-order valence-corrected chi connectivity index (χ1v) is 12.8. The molecule has 1 aliphatic heterocycles. The van der Waals surface area contributed by atoms with Gasteiger partial charge in [-0.15, -0.1) is 0 Å². The van der Waals surface area contributed by atoms with E-state index >= 15 is 0 Å². The van der Waals surface area contributed by atoms with Gasteiger partial charge < -0.3 is 5.32 Å². The molecule has 31 heavy (non-hydrogen) atoms. The molecule has 0 radical (unpaired) electrons. The Hall–Kier alpha value is -1.60. The number of carbonyl (C=O) groups is 1. The quantitative estimate of drug-likeness (QED) is 0.595. The minimum atomic E-state index is -3.60. The maximum absolute atomic E-state index is 13.0. The van der Waals surface area contributed by atoms with Crippen molar-refractivity contribution < 1.29 is 13.2 Å². The molecule has 5 nitrogen and oxygen atoms in total. The molecule has 2 aromatic carbocycles. The first-order chi connectivity index (χ1) is 14.7. The molecule has 0 aliphatic carbocycles. The Bertz CT molecular complexity index is 1030. The van der Waals surface area contributed by atoms with Gasteiger partial charge in [0, 0.05) is 23.1 Å². The third kappa shape index (κ3) is 6.22. The lowest BCUT2D eigenvalue weighted by Gasteiger charge is -2.32. The average Bonchev–Trinajstić information content (AvgIpc) is 2.74. The second kappa shape index (κ2) is 10.3. The third-order valence-electron chi connectivity index (χ3n) is 5.71. The summed E-state index contributed by atoms with van der Waals surface area (Å²) in [6, 6.07) is 12.8. The molecule has 0 spiro atoms. The van der Waals surface area contributed by atoms with Gasteiger partial charge in [-0.2, -0.15) is 0 Å². The fourth-order valence-corrected chi connectivity index (χ4v) is 6.04. The van der Waals surface area contributed by atoms with Crippen LogP contribution in [0.25, 0.3) is 0 Å². The molecular weight excluding hydrogens is 455 g/mol. The first kappa shape index (κ1) is 24.1. The van der Waals surface area contributed by atoms with Gasteiger partial charge in [-0.1, -0.05) is 66.0 Å². The highest BCUT2D eigenvalue weighted by Crippen LogP contribution is 2.27. The van der Waals surface area contributed by atoms with E-state index in [2.05, 4.69) is 5.32 Å². The zero-order valence-electron chi connectivity index (χ0n) is 17.8. The monoisotopic (exact) mass is 482 g/mol. The Labute approximate surface area is 194 Å². The Morgan fingerprint density at radius 2 is 1.90 bits per heavy atom. The van der Waals surface area contributed by atoms with Crippen LogP contribution < -0.4 is 5.32 Å². The van der Waals surface area contributed by atoms with E-state index in [1.54, 1.807) is 12.1 Å². The highest BCUT2D eigenvalue weighted by atomic mass is 35.5. The van der Waals surface area contributed by atoms with Crippen LogP contribution in [0.3, 0.4) is 0 Å². The van der Waals surface area contributed by atoms with E-state index in [4.69, 9.17) is 23.2 Å². The topological polar surface area (TPSA) is 66.5 Å². The molecule has 1 fully saturated rings. The average molecular weight is 483 g/mol. The summed E-state index contributed by atoms with van der Waals surface area (Å²) in [5.74, 6) is -0.682. The maximum atomic E-state index is 13.0. The summed E-state index contributed by atoms with van der Waals surface area (Å²) in [5, 5.41) is 3.90. The van der Waals surface area contributed by atoms with Crippen molar-refractivity contribution in [2.75, 3.05) is 13.1 Å². The van der Waals surface area contributed by atoms with Crippen LogP contribution in [0.15, 0.2) is 42.5 Å². The van der Waals surface area contributed by atoms with Gasteiger partial charge in [0.2, 0.25) is 15.9 Å². The normalized spacial score (nSPS) is 18.5. The smallest absolute Gasteiger partial charge is 0.224 e. The predicted octanol–water partition coefficient (Wildman–Crippen LogP) is 5.11. The highest BCUT2D eigenvalue weighted by Gasteiger charge is 2.33. The van der Waals surface area contributed by atoms with E-state index < -0.39 is 10.0 Å². The number of nitrogens with one attached hydrogen (secondary N) is 1. The van der Waals surface area contributed by atoms with Gasteiger partial charge in [-0.3, -0.25) is 4.79 Å². The Kier molecular flexibility index (Phi) is 8.03. The van der Waals surface area contributed by atoms with E-state index in [-0.39, 0.29) is 30.2 Å². The lowest BCUT2D eigenvalue weighted by atomic mass is 9.97. The number of hydrogen-bond acceptors (Lipinski definition) is 3. The SMILES string of the molecule is CCC(NC(=O)C1CCCN(S(=O)(=O)Cc2ccc(Cl)cc2Cl)C1)c1ccc(C)cc1. The van der Waals surface area contributed by atoms with Crippen molar-refractivity contribution in [1.29, 1.82) is 0 Å². The Morgan fingerprint density at radius 3 is 2.55 bits per heavy atom. The molecular formula is C23H28Cl2N2O3S. The van der Waals surface area contributed by atoms with Crippen molar-refractivity contribution in [3.8, 4) is 0 Å². The molecule has 3 rings (SSSR count). The minimum absolute atomic E-state index is 0.0899. The van der Waals surface area contributed by atoms with E-state index in [0.717, 1.165) is 12.0 Å². The van der Waals surface area contributed by atoms with Gasteiger partial charge in [-0.05, 0) is 49.4 Å². The second-order valence-corrected chi connectivity index (χ2v) is 10.9. The van der Waals surface area contributed by atoms with Gasteiger partial charge >= 0.3 is 0 Å². The van der Waals surface area contributed by atoms with Crippen LogP contribution in [0.4, 0.5) is 0 Å².